The van der Waals surface area contributed by atoms with E-state index in [1.165, 1.54) is 19.3 Å². The monoisotopic (exact) mass is 200 g/mol. The van der Waals surface area contributed by atoms with Crippen LogP contribution >= 0.6 is 0 Å². The van der Waals surface area contributed by atoms with Crippen LogP contribution in [0.2, 0.25) is 0 Å². The van der Waals surface area contributed by atoms with Crippen LogP contribution in [0.15, 0.2) is 0 Å². The van der Waals surface area contributed by atoms with Crippen LogP contribution in [0.25, 0.3) is 0 Å². The van der Waals surface area contributed by atoms with Crippen LogP contribution in [0.5, 0.6) is 0 Å². The Bertz CT molecular complexity index is 144. The SMILES string of the molecule is CNCCC(C1CCOCC1)N(C)C. The van der Waals surface area contributed by atoms with Crippen molar-refractivity contribution in [2.24, 2.45) is 5.92 Å². The van der Waals surface area contributed by atoms with Gasteiger partial charge in [0, 0.05) is 19.3 Å². The predicted molar refractivity (Wildman–Crippen MR) is 59.6 cm³/mol. The van der Waals surface area contributed by atoms with E-state index in [1.54, 1.807) is 0 Å². The van der Waals surface area contributed by atoms with E-state index in [9.17, 15) is 0 Å². The van der Waals surface area contributed by atoms with Crippen LogP contribution in [-0.4, -0.2) is 51.8 Å². The summed E-state index contributed by atoms with van der Waals surface area (Å²) in [7, 11) is 6.41. The normalized spacial score (nSPS) is 21.4. The molecule has 0 aliphatic carbocycles. The maximum atomic E-state index is 5.40. The molecule has 0 bridgehead atoms. The van der Waals surface area contributed by atoms with Gasteiger partial charge in [0.05, 0.1) is 0 Å². The van der Waals surface area contributed by atoms with Crippen molar-refractivity contribution in [3.8, 4) is 0 Å². The van der Waals surface area contributed by atoms with Gasteiger partial charge in [-0.3, -0.25) is 0 Å². The average molecular weight is 200 g/mol. The topological polar surface area (TPSA) is 24.5 Å². The second-order valence-electron chi connectivity index (χ2n) is 4.37. The van der Waals surface area contributed by atoms with Gasteiger partial charge >= 0.3 is 0 Å². The molecule has 1 atom stereocenters. The highest BCUT2D eigenvalue weighted by molar-refractivity contribution is 4.78. The molecular weight excluding hydrogens is 176 g/mol. The van der Waals surface area contributed by atoms with E-state index in [0.717, 1.165) is 25.7 Å². The number of hydrogen-bond acceptors (Lipinski definition) is 3. The molecule has 3 nitrogen and oxygen atoms in total. The predicted octanol–water partition coefficient (Wildman–Crippen LogP) is 0.953. The van der Waals surface area contributed by atoms with Gasteiger partial charge < -0.3 is 15.0 Å². The summed E-state index contributed by atoms with van der Waals surface area (Å²) in [5.41, 5.74) is 0. The third kappa shape index (κ3) is 3.56. The lowest BCUT2D eigenvalue weighted by atomic mass is 9.89. The Kier molecular flexibility index (Phi) is 5.45. The highest BCUT2D eigenvalue weighted by Gasteiger charge is 2.24. The minimum atomic E-state index is 0.714. The fraction of sp³-hybridized carbons (Fsp3) is 1.00. The summed E-state index contributed by atoms with van der Waals surface area (Å²) in [4.78, 5) is 2.37. The van der Waals surface area contributed by atoms with E-state index in [-0.39, 0.29) is 0 Å². The van der Waals surface area contributed by atoms with Gasteiger partial charge in [-0.15, -0.1) is 0 Å². The third-order valence-corrected chi connectivity index (χ3v) is 3.16. The van der Waals surface area contributed by atoms with Gasteiger partial charge in [-0.05, 0) is 52.9 Å². The quantitative estimate of drug-likeness (QED) is 0.715. The maximum absolute atomic E-state index is 5.40. The average Bonchev–Trinajstić information content (AvgIpc) is 2.19. The molecule has 0 radical (unpaired) electrons. The van der Waals surface area contributed by atoms with Crippen LogP contribution in [0.3, 0.4) is 0 Å². The highest BCUT2D eigenvalue weighted by atomic mass is 16.5. The Morgan fingerprint density at radius 1 is 1.36 bits per heavy atom. The molecule has 0 saturated carbocycles. The summed E-state index contributed by atoms with van der Waals surface area (Å²) in [5.74, 6) is 0.826. The molecule has 84 valence electrons. The smallest absolute Gasteiger partial charge is 0.0469 e. The van der Waals surface area contributed by atoms with Crippen molar-refractivity contribution in [3.05, 3.63) is 0 Å². The van der Waals surface area contributed by atoms with Gasteiger partial charge in [0.1, 0.15) is 0 Å². The number of nitrogens with one attached hydrogen (secondary N) is 1. The number of nitrogens with zero attached hydrogens (tertiary/aromatic N) is 1. The summed E-state index contributed by atoms with van der Waals surface area (Å²) in [6.07, 6.45) is 3.70. The Balaban J connectivity index is 2.39. The molecule has 14 heavy (non-hydrogen) atoms. The molecule has 1 rings (SSSR count). The first kappa shape index (κ1) is 12.0. The van der Waals surface area contributed by atoms with Gasteiger partial charge in [0.15, 0.2) is 0 Å². The van der Waals surface area contributed by atoms with E-state index in [2.05, 4.69) is 24.3 Å². The summed E-state index contributed by atoms with van der Waals surface area (Å²) >= 11 is 0. The van der Waals surface area contributed by atoms with Crippen LogP contribution in [0, 0.1) is 5.92 Å². The van der Waals surface area contributed by atoms with Crippen molar-refractivity contribution in [2.75, 3.05) is 40.9 Å². The maximum Gasteiger partial charge on any atom is 0.0469 e. The first-order valence-corrected chi connectivity index (χ1v) is 5.64. The zero-order chi connectivity index (χ0) is 10.4. The van der Waals surface area contributed by atoms with Gasteiger partial charge in [-0.1, -0.05) is 0 Å². The van der Waals surface area contributed by atoms with Gasteiger partial charge in [-0.2, -0.15) is 0 Å². The number of ether oxygens (including phenoxy) is 1. The van der Waals surface area contributed by atoms with E-state index in [0.29, 0.717) is 6.04 Å². The molecule has 1 aliphatic rings. The minimum Gasteiger partial charge on any atom is -0.381 e. The first-order valence-electron chi connectivity index (χ1n) is 5.64. The van der Waals surface area contributed by atoms with Crippen LogP contribution < -0.4 is 5.32 Å². The van der Waals surface area contributed by atoms with Crippen molar-refractivity contribution in [2.45, 2.75) is 25.3 Å². The second kappa shape index (κ2) is 6.38. The highest BCUT2D eigenvalue weighted by Crippen LogP contribution is 2.23. The van der Waals surface area contributed by atoms with Crippen molar-refractivity contribution < 1.29 is 4.74 Å². The molecule has 1 unspecified atom stereocenters. The van der Waals surface area contributed by atoms with Crippen molar-refractivity contribution in [3.63, 3.8) is 0 Å². The molecule has 1 N–H and O–H groups in total. The largest absolute Gasteiger partial charge is 0.381 e. The summed E-state index contributed by atoms with van der Waals surface area (Å²) in [6, 6.07) is 0.714. The van der Waals surface area contributed by atoms with Crippen molar-refractivity contribution in [1.82, 2.24) is 10.2 Å². The molecule has 1 heterocycles. The molecule has 3 heteroatoms. The van der Waals surface area contributed by atoms with Crippen molar-refractivity contribution in [1.29, 1.82) is 0 Å². The van der Waals surface area contributed by atoms with E-state index in [1.807, 2.05) is 7.05 Å². The van der Waals surface area contributed by atoms with E-state index in [4.69, 9.17) is 4.74 Å². The van der Waals surface area contributed by atoms with Crippen LogP contribution in [-0.2, 0) is 4.74 Å². The first-order chi connectivity index (χ1) is 6.75. The Hall–Kier alpha value is -0.120. The Morgan fingerprint density at radius 3 is 2.50 bits per heavy atom. The minimum absolute atomic E-state index is 0.714. The Morgan fingerprint density at radius 2 is 2.00 bits per heavy atom. The molecule has 1 saturated heterocycles. The van der Waals surface area contributed by atoms with E-state index < -0.39 is 0 Å². The molecule has 0 spiro atoms. The van der Waals surface area contributed by atoms with Gasteiger partial charge in [-0.25, -0.2) is 0 Å². The standard InChI is InChI=1S/C11H24N2O/c1-12-7-4-11(13(2)3)10-5-8-14-9-6-10/h10-12H,4-9H2,1-3H3. The second-order valence-corrected chi connectivity index (χ2v) is 4.37. The molecule has 0 aromatic rings. The molecular formula is C11H24N2O. The fourth-order valence-corrected chi connectivity index (χ4v) is 2.31. The Labute approximate surface area is 87.8 Å². The molecule has 1 fully saturated rings. The van der Waals surface area contributed by atoms with Crippen LogP contribution in [0.4, 0.5) is 0 Å². The zero-order valence-electron chi connectivity index (χ0n) is 9.75. The molecule has 0 aromatic carbocycles. The number of hydrogen-bond donors (Lipinski definition) is 1. The molecule has 0 aromatic heterocycles. The van der Waals surface area contributed by atoms with Crippen molar-refractivity contribution >= 4 is 0 Å². The lowest BCUT2D eigenvalue weighted by Crippen LogP contribution is -2.39. The lowest BCUT2D eigenvalue weighted by molar-refractivity contribution is 0.0349. The third-order valence-electron chi connectivity index (χ3n) is 3.16. The zero-order valence-corrected chi connectivity index (χ0v) is 9.75. The lowest BCUT2D eigenvalue weighted by Gasteiger charge is -2.34. The summed E-state index contributed by atoms with van der Waals surface area (Å²) in [6.45, 7) is 3.02. The summed E-state index contributed by atoms with van der Waals surface area (Å²) < 4.78 is 5.40. The fourth-order valence-electron chi connectivity index (χ4n) is 2.31. The molecule has 1 aliphatic heterocycles. The number of rotatable bonds is 5. The van der Waals surface area contributed by atoms with Crippen LogP contribution in [0.1, 0.15) is 19.3 Å². The van der Waals surface area contributed by atoms with E-state index >= 15 is 0 Å². The van der Waals surface area contributed by atoms with Gasteiger partial charge in [0.25, 0.3) is 0 Å². The van der Waals surface area contributed by atoms with Gasteiger partial charge in [0.2, 0.25) is 0 Å². The molecule has 0 amide bonds. The summed E-state index contributed by atoms with van der Waals surface area (Å²) in [5, 5.41) is 3.23.